The summed E-state index contributed by atoms with van der Waals surface area (Å²) >= 11 is 12.2. The minimum Gasteiger partial charge on any atom is -0.491 e. The molecular weight excluding hydrogens is 357 g/mol. The maximum atomic E-state index is 8.36. The summed E-state index contributed by atoms with van der Waals surface area (Å²) < 4.78 is 7.67. The number of benzene rings is 1. The van der Waals surface area contributed by atoms with Gasteiger partial charge < -0.3 is 14.5 Å². The maximum Gasteiger partial charge on any atom is 0.291 e. The summed E-state index contributed by atoms with van der Waals surface area (Å²) in [4.78, 5) is 12.4. The van der Waals surface area contributed by atoms with E-state index in [4.69, 9.17) is 43.3 Å². The van der Waals surface area contributed by atoms with Crippen molar-refractivity contribution in [1.29, 1.82) is 0 Å². The summed E-state index contributed by atoms with van der Waals surface area (Å²) in [7, 11) is 0. The Kier molecular flexibility index (Phi) is 8.67. The largest absolute Gasteiger partial charge is 0.491 e. The van der Waals surface area contributed by atoms with E-state index >= 15 is 0 Å². The zero-order valence-corrected chi connectivity index (χ0v) is 14.4. The zero-order valence-electron chi connectivity index (χ0n) is 12.9. The monoisotopic (exact) mass is 373 g/mol. The molecule has 1 N–H and O–H groups in total. The Morgan fingerprint density at radius 3 is 2.75 bits per heavy atom. The van der Waals surface area contributed by atoms with E-state index in [-0.39, 0.29) is 0 Å². The third kappa shape index (κ3) is 7.34. The molecule has 2 rings (SSSR count). The predicted octanol–water partition coefficient (Wildman–Crippen LogP) is 4.61. The van der Waals surface area contributed by atoms with Crippen molar-refractivity contribution >= 4 is 35.2 Å². The smallest absolute Gasteiger partial charge is 0.291 e. The van der Waals surface area contributed by atoms with Gasteiger partial charge in [-0.25, -0.2) is 4.98 Å². The third-order valence-electron chi connectivity index (χ3n) is 2.74. The van der Waals surface area contributed by atoms with Gasteiger partial charge in [-0.3, -0.25) is 0 Å². The molecule has 0 aliphatic carbocycles. The SMILES string of the molecule is CCCCO/C(=C\n1ccnc1)c1ccc(Cl)cc1Cl.O=[N+]([O-])O. The molecule has 1 aromatic carbocycles. The fourth-order valence-electron chi connectivity index (χ4n) is 1.68. The number of rotatable bonds is 6. The number of nitrogens with zero attached hydrogens (tertiary/aromatic N) is 3. The molecule has 9 heteroatoms. The van der Waals surface area contributed by atoms with Gasteiger partial charge in [0.1, 0.15) is 5.76 Å². The summed E-state index contributed by atoms with van der Waals surface area (Å²) in [5.74, 6) is 0.707. The second kappa shape index (κ2) is 10.5. The Bertz CT molecular complexity index is 671. The summed E-state index contributed by atoms with van der Waals surface area (Å²) in [5.41, 5.74) is 0.820. The number of imidazole rings is 1. The first-order valence-corrected chi connectivity index (χ1v) is 7.80. The molecule has 0 radical (unpaired) electrons. The summed E-state index contributed by atoms with van der Waals surface area (Å²) in [6.07, 6.45) is 9.18. The Balaban J connectivity index is 0.000000648. The molecule has 0 saturated heterocycles. The number of aromatic nitrogens is 2. The molecule has 2 aromatic rings. The molecule has 1 heterocycles. The van der Waals surface area contributed by atoms with Gasteiger partial charge in [0.15, 0.2) is 0 Å². The molecule has 0 bridgehead atoms. The van der Waals surface area contributed by atoms with Crippen LogP contribution in [0.3, 0.4) is 0 Å². The highest BCUT2D eigenvalue weighted by molar-refractivity contribution is 6.35. The predicted molar refractivity (Wildman–Crippen MR) is 92.5 cm³/mol. The van der Waals surface area contributed by atoms with Gasteiger partial charge in [-0.15, -0.1) is 10.1 Å². The first-order chi connectivity index (χ1) is 11.4. The molecule has 7 nitrogen and oxygen atoms in total. The number of hydrogen-bond acceptors (Lipinski definition) is 4. The molecule has 24 heavy (non-hydrogen) atoms. The average molecular weight is 374 g/mol. The minimum atomic E-state index is -1.50. The highest BCUT2D eigenvalue weighted by Crippen LogP contribution is 2.28. The number of unbranched alkanes of at least 4 members (excludes halogenated alkanes) is 1. The van der Waals surface area contributed by atoms with Gasteiger partial charge in [0.2, 0.25) is 0 Å². The van der Waals surface area contributed by atoms with Crippen LogP contribution in [0.5, 0.6) is 0 Å². The van der Waals surface area contributed by atoms with Gasteiger partial charge >= 0.3 is 0 Å². The van der Waals surface area contributed by atoms with Crippen LogP contribution in [-0.4, -0.2) is 26.5 Å². The molecule has 0 aliphatic rings. The van der Waals surface area contributed by atoms with Crippen molar-refractivity contribution in [3.63, 3.8) is 0 Å². The quantitative estimate of drug-likeness (QED) is 0.345. The van der Waals surface area contributed by atoms with E-state index < -0.39 is 5.09 Å². The zero-order chi connectivity index (χ0) is 17.9. The van der Waals surface area contributed by atoms with Crippen LogP contribution in [0.2, 0.25) is 10.0 Å². The van der Waals surface area contributed by atoms with Crippen LogP contribution in [0.4, 0.5) is 0 Å². The lowest BCUT2D eigenvalue weighted by Crippen LogP contribution is -1.97. The lowest BCUT2D eigenvalue weighted by Gasteiger charge is -2.12. The molecule has 0 unspecified atom stereocenters. The Morgan fingerprint density at radius 2 is 2.21 bits per heavy atom. The summed E-state index contributed by atoms with van der Waals surface area (Å²) in [6, 6.07) is 5.37. The van der Waals surface area contributed by atoms with E-state index in [1.165, 1.54) is 0 Å². The highest BCUT2D eigenvalue weighted by Gasteiger charge is 2.09. The molecule has 1 aromatic heterocycles. The molecular formula is C15H17Cl2N3O4. The van der Waals surface area contributed by atoms with Crippen molar-refractivity contribution < 1.29 is 15.0 Å². The molecule has 0 fully saturated rings. The van der Waals surface area contributed by atoms with Crippen molar-refractivity contribution in [2.24, 2.45) is 0 Å². The topological polar surface area (TPSA) is 90.4 Å². The average Bonchev–Trinajstić information content (AvgIpc) is 2.99. The van der Waals surface area contributed by atoms with Gasteiger partial charge in [-0.2, -0.15) is 0 Å². The van der Waals surface area contributed by atoms with Gasteiger partial charge in [0.05, 0.1) is 24.2 Å². The van der Waals surface area contributed by atoms with Crippen molar-refractivity contribution in [2.75, 3.05) is 6.61 Å². The number of hydrogen-bond donors (Lipinski definition) is 1. The standard InChI is InChI=1S/C15H16Cl2N2O.HNO3/c1-2-3-8-20-15(10-19-7-6-18-11-19)13-5-4-12(16)9-14(13)17;2-1(3)4/h4-7,9-11H,2-3,8H2,1H3;(H,2,3,4)/b15-10-;. The van der Waals surface area contributed by atoms with Crippen molar-refractivity contribution in [1.82, 2.24) is 9.55 Å². The van der Waals surface area contributed by atoms with E-state index in [0.717, 1.165) is 18.4 Å². The van der Waals surface area contributed by atoms with Crippen LogP contribution >= 0.6 is 23.2 Å². The van der Waals surface area contributed by atoms with E-state index in [1.807, 2.05) is 23.0 Å². The van der Waals surface area contributed by atoms with Crippen LogP contribution in [0.15, 0.2) is 36.9 Å². The molecule has 0 amide bonds. The van der Waals surface area contributed by atoms with Crippen LogP contribution in [-0.2, 0) is 4.74 Å². The van der Waals surface area contributed by atoms with Crippen LogP contribution < -0.4 is 0 Å². The van der Waals surface area contributed by atoms with Crippen LogP contribution in [0.25, 0.3) is 12.0 Å². The highest BCUT2D eigenvalue weighted by atomic mass is 35.5. The van der Waals surface area contributed by atoms with Gasteiger partial charge in [0, 0.05) is 23.0 Å². The molecule has 0 atom stereocenters. The Morgan fingerprint density at radius 1 is 1.50 bits per heavy atom. The maximum absolute atomic E-state index is 8.36. The van der Waals surface area contributed by atoms with Gasteiger partial charge in [-0.1, -0.05) is 36.5 Å². The van der Waals surface area contributed by atoms with E-state index in [0.29, 0.717) is 22.4 Å². The molecule has 0 aliphatic heterocycles. The Hall–Kier alpha value is -2.25. The molecule has 130 valence electrons. The van der Waals surface area contributed by atoms with E-state index in [9.17, 15) is 0 Å². The van der Waals surface area contributed by atoms with E-state index in [2.05, 4.69) is 11.9 Å². The van der Waals surface area contributed by atoms with Gasteiger partial charge in [0.25, 0.3) is 5.09 Å². The second-order valence-electron chi connectivity index (χ2n) is 4.57. The van der Waals surface area contributed by atoms with Crippen molar-refractivity contribution in [3.05, 3.63) is 62.6 Å². The minimum absolute atomic E-state index is 0.570. The summed E-state index contributed by atoms with van der Waals surface area (Å²) in [5, 5.41) is 14.8. The molecule has 0 spiro atoms. The number of halogens is 2. The third-order valence-corrected chi connectivity index (χ3v) is 3.29. The van der Waals surface area contributed by atoms with Crippen LogP contribution in [0.1, 0.15) is 25.3 Å². The normalized spacial score (nSPS) is 10.7. The summed E-state index contributed by atoms with van der Waals surface area (Å²) in [6.45, 7) is 2.77. The fourth-order valence-corrected chi connectivity index (χ4v) is 2.18. The van der Waals surface area contributed by atoms with Crippen molar-refractivity contribution in [3.8, 4) is 0 Å². The lowest BCUT2D eigenvalue weighted by molar-refractivity contribution is -0.742. The fraction of sp³-hybridized carbons (Fsp3) is 0.267. The van der Waals surface area contributed by atoms with Gasteiger partial charge in [-0.05, 0) is 24.6 Å². The first kappa shape index (κ1) is 19.8. The number of ether oxygens (including phenoxy) is 1. The Labute approximate surface area is 149 Å². The lowest BCUT2D eigenvalue weighted by atomic mass is 10.2. The first-order valence-electron chi connectivity index (χ1n) is 7.04. The molecule has 0 saturated carbocycles. The van der Waals surface area contributed by atoms with Crippen molar-refractivity contribution in [2.45, 2.75) is 19.8 Å². The van der Waals surface area contributed by atoms with E-state index in [1.54, 1.807) is 24.7 Å². The van der Waals surface area contributed by atoms with Crippen LogP contribution in [0, 0.1) is 10.1 Å². The second-order valence-corrected chi connectivity index (χ2v) is 5.41.